The summed E-state index contributed by atoms with van der Waals surface area (Å²) in [5, 5.41) is 10.5. The molecule has 1 atom stereocenters. The molecule has 2 fully saturated rings. The SMILES string of the molecule is CC(C)(C)OC(=O)N(CC(O)CN1CCSC(C)(C)C1)C1CC1. The fourth-order valence-electron chi connectivity index (χ4n) is 2.93. The van der Waals surface area contributed by atoms with E-state index in [0.29, 0.717) is 13.1 Å². The van der Waals surface area contributed by atoms with Gasteiger partial charge in [-0.1, -0.05) is 0 Å². The molecule has 2 rings (SSSR count). The minimum absolute atomic E-state index is 0.235. The second-order valence-electron chi connectivity index (χ2n) is 8.36. The van der Waals surface area contributed by atoms with E-state index in [1.54, 1.807) is 4.90 Å². The van der Waals surface area contributed by atoms with Crippen LogP contribution in [-0.2, 0) is 4.74 Å². The molecule has 0 radical (unpaired) electrons. The smallest absolute Gasteiger partial charge is 0.410 e. The van der Waals surface area contributed by atoms with Crippen LogP contribution in [-0.4, -0.2) is 75.4 Å². The van der Waals surface area contributed by atoms with Crippen molar-refractivity contribution in [2.45, 2.75) is 70.0 Å². The number of carbonyl (C=O) groups excluding carboxylic acids is 1. The van der Waals surface area contributed by atoms with Crippen LogP contribution >= 0.6 is 11.8 Å². The van der Waals surface area contributed by atoms with Crippen LogP contribution in [0.1, 0.15) is 47.5 Å². The zero-order chi connectivity index (χ0) is 17.3. The number of rotatable bonds is 5. The summed E-state index contributed by atoms with van der Waals surface area (Å²) in [5.74, 6) is 1.10. The third-order valence-electron chi connectivity index (χ3n) is 4.00. The lowest BCUT2D eigenvalue weighted by molar-refractivity contribution is 0.00813. The summed E-state index contributed by atoms with van der Waals surface area (Å²) < 4.78 is 5.72. The number of β-amino-alcohol motifs (C(OH)–C–C–N with tert-alkyl or cyclic N) is 1. The number of amides is 1. The van der Waals surface area contributed by atoms with Gasteiger partial charge < -0.3 is 14.7 Å². The van der Waals surface area contributed by atoms with Gasteiger partial charge in [0.15, 0.2) is 0 Å². The maximum atomic E-state index is 12.3. The summed E-state index contributed by atoms with van der Waals surface area (Å²) in [4.78, 5) is 16.4. The van der Waals surface area contributed by atoms with E-state index in [1.807, 2.05) is 32.5 Å². The molecule has 0 aromatic heterocycles. The van der Waals surface area contributed by atoms with Gasteiger partial charge >= 0.3 is 6.09 Å². The van der Waals surface area contributed by atoms with Gasteiger partial charge in [-0.15, -0.1) is 0 Å². The van der Waals surface area contributed by atoms with E-state index in [4.69, 9.17) is 4.74 Å². The first kappa shape index (κ1) is 18.9. The summed E-state index contributed by atoms with van der Waals surface area (Å²) in [6.45, 7) is 13.1. The van der Waals surface area contributed by atoms with Gasteiger partial charge in [-0.25, -0.2) is 4.79 Å². The molecule has 23 heavy (non-hydrogen) atoms. The molecule has 0 bridgehead atoms. The Balaban J connectivity index is 1.86. The van der Waals surface area contributed by atoms with E-state index in [9.17, 15) is 9.90 Å². The van der Waals surface area contributed by atoms with Crippen LogP contribution in [0.3, 0.4) is 0 Å². The molecule has 134 valence electrons. The van der Waals surface area contributed by atoms with Crippen molar-refractivity contribution < 1.29 is 14.6 Å². The Labute approximate surface area is 144 Å². The third kappa shape index (κ3) is 6.51. The van der Waals surface area contributed by atoms with Crippen molar-refractivity contribution in [3.8, 4) is 0 Å². The van der Waals surface area contributed by atoms with E-state index in [-0.39, 0.29) is 16.9 Å². The lowest BCUT2D eigenvalue weighted by Gasteiger charge is -2.39. The van der Waals surface area contributed by atoms with Crippen molar-refractivity contribution >= 4 is 17.9 Å². The van der Waals surface area contributed by atoms with Crippen molar-refractivity contribution in [1.82, 2.24) is 9.80 Å². The Morgan fingerprint density at radius 3 is 2.61 bits per heavy atom. The Bertz CT molecular complexity index is 419. The number of nitrogens with zero attached hydrogens (tertiary/aromatic N) is 2. The number of ether oxygens (including phenoxy) is 1. The zero-order valence-electron chi connectivity index (χ0n) is 15.2. The summed E-state index contributed by atoms with van der Waals surface area (Å²) in [7, 11) is 0. The molecule has 6 heteroatoms. The predicted octanol–water partition coefficient (Wildman–Crippen LogP) is 2.57. The molecular weight excluding hydrogens is 312 g/mol. The van der Waals surface area contributed by atoms with Crippen molar-refractivity contribution in [2.24, 2.45) is 0 Å². The number of hydrogen-bond acceptors (Lipinski definition) is 5. The highest BCUT2D eigenvalue weighted by molar-refractivity contribution is 8.00. The zero-order valence-corrected chi connectivity index (χ0v) is 16.0. The summed E-state index contributed by atoms with van der Waals surface area (Å²) in [6.07, 6.45) is 1.20. The van der Waals surface area contributed by atoms with Gasteiger partial charge in [0, 0.05) is 36.2 Å². The molecule has 0 aromatic carbocycles. The monoisotopic (exact) mass is 344 g/mol. The average molecular weight is 345 g/mol. The minimum atomic E-state index is -0.526. The first-order valence-corrected chi connectivity index (χ1v) is 9.58. The molecule has 1 unspecified atom stereocenters. The van der Waals surface area contributed by atoms with E-state index in [0.717, 1.165) is 31.7 Å². The van der Waals surface area contributed by atoms with E-state index in [1.165, 1.54) is 0 Å². The molecule has 1 saturated heterocycles. The van der Waals surface area contributed by atoms with Gasteiger partial charge in [-0.3, -0.25) is 4.90 Å². The van der Waals surface area contributed by atoms with Gasteiger partial charge in [0.25, 0.3) is 0 Å². The largest absolute Gasteiger partial charge is 0.444 e. The van der Waals surface area contributed by atoms with Crippen LogP contribution in [0.2, 0.25) is 0 Å². The third-order valence-corrected chi connectivity index (χ3v) is 5.29. The topological polar surface area (TPSA) is 53.0 Å². The standard InChI is InChI=1S/C17H32N2O3S/c1-16(2,3)22-15(21)19(13-6-7-13)11-14(20)10-18-8-9-23-17(4,5)12-18/h13-14,20H,6-12H2,1-5H3. The van der Waals surface area contributed by atoms with Crippen molar-refractivity contribution in [1.29, 1.82) is 0 Å². The Hall–Kier alpha value is -0.460. The lowest BCUT2D eigenvalue weighted by atomic mass is 10.1. The molecule has 1 amide bonds. The molecule has 5 nitrogen and oxygen atoms in total. The number of carbonyl (C=O) groups is 1. The van der Waals surface area contributed by atoms with Crippen LogP contribution in [0.4, 0.5) is 4.79 Å². The summed E-state index contributed by atoms with van der Waals surface area (Å²) in [6, 6.07) is 0.243. The van der Waals surface area contributed by atoms with Gasteiger partial charge in [-0.2, -0.15) is 11.8 Å². The Morgan fingerprint density at radius 2 is 2.09 bits per heavy atom. The molecule has 0 spiro atoms. The molecule has 2 aliphatic rings. The van der Waals surface area contributed by atoms with Crippen molar-refractivity contribution in [3.05, 3.63) is 0 Å². The predicted molar refractivity (Wildman–Crippen MR) is 94.9 cm³/mol. The maximum Gasteiger partial charge on any atom is 0.410 e. The molecule has 0 aromatic rings. The van der Waals surface area contributed by atoms with Gasteiger partial charge in [-0.05, 0) is 47.5 Å². The Morgan fingerprint density at radius 1 is 1.43 bits per heavy atom. The minimum Gasteiger partial charge on any atom is -0.444 e. The fourth-order valence-corrected chi connectivity index (χ4v) is 4.11. The highest BCUT2D eigenvalue weighted by Gasteiger charge is 2.37. The maximum absolute atomic E-state index is 12.3. The molecule has 1 aliphatic carbocycles. The van der Waals surface area contributed by atoms with Gasteiger partial charge in [0.05, 0.1) is 12.6 Å². The first-order valence-electron chi connectivity index (χ1n) is 8.60. The second kappa shape index (κ2) is 7.19. The van der Waals surface area contributed by atoms with Crippen LogP contribution in [0.5, 0.6) is 0 Å². The van der Waals surface area contributed by atoms with Gasteiger partial charge in [0.1, 0.15) is 5.60 Å². The Kier molecular flexibility index (Phi) is 5.90. The average Bonchev–Trinajstić information content (AvgIpc) is 3.16. The molecule has 1 heterocycles. The number of aliphatic hydroxyl groups excluding tert-OH is 1. The van der Waals surface area contributed by atoms with Crippen molar-refractivity contribution in [3.63, 3.8) is 0 Å². The van der Waals surface area contributed by atoms with Crippen LogP contribution < -0.4 is 0 Å². The number of hydrogen-bond donors (Lipinski definition) is 1. The highest BCUT2D eigenvalue weighted by Crippen LogP contribution is 2.30. The van der Waals surface area contributed by atoms with Gasteiger partial charge in [0.2, 0.25) is 0 Å². The normalized spacial score (nSPS) is 23.4. The highest BCUT2D eigenvalue weighted by atomic mass is 32.2. The molecule has 1 N–H and O–H groups in total. The first-order chi connectivity index (χ1) is 10.6. The number of aliphatic hydroxyl groups is 1. The summed E-state index contributed by atoms with van der Waals surface area (Å²) in [5.41, 5.74) is -0.497. The van der Waals surface area contributed by atoms with E-state index in [2.05, 4.69) is 18.7 Å². The van der Waals surface area contributed by atoms with Crippen LogP contribution in [0.15, 0.2) is 0 Å². The van der Waals surface area contributed by atoms with Crippen LogP contribution in [0, 0.1) is 0 Å². The number of thioether (sulfide) groups is 1. The van der Waals surface area contributed by atoms with Crippen molar-refractivity contribution in [2.75, 3.05) is 31.9 Å². The second-order valence-corrected chi connectivity index (χ2v) is 10.2. The summed E-state index contributed by atoms with van der Waals surface area (Å²) >= 11 is 1.98. The van der Waals surface area contributed by atoms with E-state index >= 15 is 0 Å². The molecular formula is C17H32N2O3S. The van der Waals surface area contributed by atoms with Crippen LogP contribution in [0.25, 0.3) is 0 Å². The van der Waals surface area contributed by atoms with E-state index < -0.39 is 11.7 Å². The lowest BCUT2D eigenvalue weighted by Crippen LogP contribution is -2.49. The quantitative estimate of drug-likeness (QED) is 0.831. The molecule has 1 saturated carbocycles. The fraction of sp³-hybridized carbons (Fsp3) is 0.941. The molecule has 1 aliphatic heterocycles.